The van der Waals surface area contributed by atoms with Gasteiger partial charge in [0.15, 0.2) is 0 Å². The maximum absolute atomic E-state index is 13.2. The molecule has 0 spiro atoms. The lowest BCUT2D eigenvalue weighted by Crippen LogP contribution is -2.76. The van der Waals surface area contributed by atoms with E-state index in [1.54, 1.807) is 0 Å². The Labute approximate surface area is 162 Å². The number of amides is 1. The van der Waals surface area contributed by atoms with E-state index in [1.165, 1.54) is 0 Å². The maximum Gasteiger partial charge on any atom is 0.243 e. The Morgan fingerprint density at radius 2 is 1.81 bits per heavy atom. The number of nitrogens with two attached hydrogens (primary N) is 1. The number of para-hydroxylation sites is 2. The van der Waals surface area contributed by atoms with E-state index in [0.29, 0.717) is 32.7 Å². The van der Waals surface area contributed by atoms with E-state index in [-0.39, 0.29) is 17.4 Å². The lowest BCUT2D eigenvalue weighted by atomic mass is 9.54. The number of carbonyl (C=O) groups excluding carboxylic acids is 1. The summed E-state index contributed by atoms with van der Waals surface area (Å²) in [6.07, 6.45) is 0.649. The van der Waals surface area contributed by atoms with Crippen molar-refractivity contribution >= 4 is 11.6 Å². The monoisotopic (exact) mass is 375 g/mol. The molecule has 1 aliphatic carbocycles. The molecule has 1 aliphatic heterocycles. The average Bonchev–Trinajstić information content (AvgIpc) is 2.68. The fourth-order valence-corrected chi connectivity index (χ4v) is 4.23. The van der Waals surface area contributed by atoms with Gasteiger partial charge in [0.05, 0.1) is 18.4 Å². The van der Waals surface area contributed by atoms with Crippen LogP contribution < -0.4 is 15.4 Å². The van der Waals surface area contributed by atoms with Crippen LogP contribution in [0.25, 0.3) is 0 Å². The van der Waals surface area contributed by atoms with Gasteiger partial charge in [-0.1, -0.05) is 26.0 Å². The van der Waals surface area contributed by atoms with Crippen molar-refractivity contribution in [3.8, 4) is 5.75 Å². The summed E-state index contributed by atoms with van der Waals surface area (Å²) in [4.78, 5) is 17.4. The Kier molecular flexibility index (Phi) is 5.68. The summed E-state index contributed by atoms with van der Waals surface area (Å²) in [5.41, 5.74) is 6.49. The standard InChI is InChI=1S/C21H33N3O3/c1-5-26-17-10-8-7-9-16(17)23-11-13-24(14-12-23)19(25)21(22)15-18(27-6-2)20(21,3)4/h7-10,18H,5-6,11-15,22H2,1-4H3. The lowest BCUT2D eigenvalue weighted by Gasteiger charge is -2.59. The molecule has 1 saturated heterocycles. The smallest absolute Gasteiger partial charge is 0.243 e. The highest BCUT2D eigenvalue weighted by Gasteiger charge is 2.63. The number of rotatable bonds is 6. The van der Waals surface area contributed by atoms with E-state index in [2.05, 4.69) is 11.0 Å². The molecule has 3 rings (SSSR count). The summed E-state index contributed by atoms with van der Waals surface area (Å²) in [5, 5.41) is 0. The zero-order valence-electron chi connectivity index (χ0n) is 17.0. The van der Waals surface area contributed by atoms with E-state index < -0.39 is 5.54 Å². The Balaban J connectivity index is 1.64. The number of benzene rings is 1. The minimum atomic E-state index is -0.835. The van der Waals surface area contributed by atoms with Crippen molar-refractivity contribution < 1.29 is 14.3 Å². The number of carbonyl (C=O) groups is 1. The zero-order valence-corrected chi connectivity index (χ0v) is 17.0. The van der Waals surface area contributed by atoms with Crippen LogP contribution in [0, 0.1) is 5.41 Å². The highest BCUT2D eigenvalue weighted by atomic mass is 16.5. The van der Waals surface area contributed by atoms with E-state index >= 15 is 0 Å². The van der Waals surface area contributed by atoms with Gasteiger partial charge in [0, 0.05) is 44.6 Å². The Hall–Kier alpha value is -1.79. The van der Waals surface area contributed by atoms with Crippen molar-refractivity contribution in [2.24, 2.45) is 11.1 Å². The Morgan fingerprint density at radius 3 is 2.41 bits per heavy atom. The quantitative estimate of drug-likeness (QED) is 0.826. The van der Waals surface area contributed by atoms with Crippen LogP contribution in [-0.2, 0) is 9.53 Å². The van der Waals surface area contributed by atoms with Crippen LogP contribution in [0.4, 0.5) is 5.69 Å². The fourth-order valence-electron chi connectivity index (χ4n) is 4.23. The van der Waals surface area contributed by atoms with Crippen molar-refractivity contribution in [3.05, 3.63) is 24.3 Å². The number of hydrogen-bond acceptors (Lipinski definition) is 5. The van der Waals surface area contributed by atoms with Crippen molar-refractivity contribution in [1.29, 1.82) is 0 Å². The van der Waals surface area contributed by atoms with E-state index in [4.69, 9.17) is 15.2 Å². The van der Waals surface area contributed by atoms with Crippen LogP contribution in [0.3, 0.4) is 0 Å². The molecule has 2 fully saturated rings. The number of nitrogens with zero attached hydrogens (tertiary/aromatic N) is 2. The molecule has 2 unspecified atom stereocenters. The molecule has 1 aromatic carbocycles. The third kappa shape index (κ3) is 3.41. The first-order valence-corrected chi connectivity index (χ1v) is 10.0. The van der Waals surface area contributed by atoms with Gasteiger partial charge in [-0.3, -0.25) is 4.79 Å². The normalized spacial score (nSPS) is 27.2. The van der Waals surface area contributed by atoms with E-state index in [0.717, 1.165) is 24.5 Å². The molecule has 0 bridgehead atoms. The summed E-state index contributed by atoms with van der Waals surface area (Å²) in [6.45, 7) is 12.3. The predicted octanol–water partition coefficient (Wildman–Crippen LogP) is 2.27. The summed E-state index contributed by atoms with van der Waals surface area (Å²) in [5.74, 6) is 0.955. The fraction of sp³-hybridized carbons (Fsp3) is 0.667. The van der Waals surface area contributed by atoms with Crippen molar-refractivity contribution in [1.82, 2.24) is 4.90 Å². The Bertz CT molecular complexity index is 670. The highest BCUT2D eigenvalue weighted by Crippen LogP contribution is 2.50. The van der Waals surface area contributed by atoms with Crippen LogP contribution in [0.1, 0.15) is 34.1 Å². The topological polar surface area (TPSA) is 68.0 Å². The molecular weight excluding hydrogens is 342 g/mol. The van der Waals surface area contributed by atoms with Gasteiger partial charge in [-0.25, -0.2) is 0 Å². The zero-order chi connectivity index (χ0) is 19.7. The van der Waals surface area contributed by atoms with Crippen molar-refractivity contribution in [2.45, 2.75) is 45.8 Å². The highest BCUT2D eigenvalue weighted by molar-refractivity contribution is 5.89. The van der Waals surface area contributed by atoms with Crippen molar-refractivity contribution in [3.63, 3.8) is 0 Å². The summed E-state index contributed by atoms with van der Waals surface area (Å²) >= 11 is 0. The van der Waals surface area contributed by atoms with Gasteiger partial charge in [-0.15, -0.1) is 0 Å². The van der Waals surface area contributed by atoms with Crippen molar-refractivity contribution in [2.75, 3.05) is 44.3 Å². The second kappa shape index (κ2) is 7.68. The third-order valence-corrected chi connectivity index (χ3v) is 6.28. The van der Waals surface area contributed by atoms with Crippen LogP contribution in [0.2, 0.25) is 0 Å². The van der Waals surface area contributed by atoms with Gasteiger partial charge in [-0.05, 0) is 26.0 Å². The van der Waals surface area contributed by atoms with Gasteiger partial charge in [-0.2, -0.15) is 0 Å². The van der Waals surface area contributed by atoms with E-state index in [1.807, 2.05) is 50.8 Å². The number of piperazine rings is 1. The Morgan fingerprint density at radius 1 is 1.15 bits per heavy atom. The predicted molar refractivity (Wildman–Crippen MR) is 107 cm³/mol. The molecule has 1 saturated carbocycles. The third-order valence-electron chi connectivity index (χ3n) is 6.28. The maximum atomic E-state index is 13.2. The first kappa shape index (κ1) is 20.0. The van der Waals surface area contributed by atoms with Crippen LogP contribution in [0.15, 0.2) is 24.3 Å². The molecule has 6 heteroatoms. The number of ether oxygens (including phenoxy) is 2. The minimum absolute atomic E-state index is 0.0517. The van der Waals surface area contributed by atoms with Gasteiger partial charge in [0.1, 0.15) is 11.3 Å². The molecule has 150 valence electrons. The van der Waals surface area contributed by atoms with Crippen LogP contribution >= 0.6 is 0 Å². The molecule has 6 nitrogen and oxygen atoms in total. The number of anilines is 1. The average molecular weight is 376 g/mol. The van der Waals surface area contributed by atoms with Crippen LogP contribution in [-0.4, -0.2) is 61.8 Å². The molecule has 2 N–H and O–H groups in total. The molecule has 2 aliphatic rings. The van der Waals surface area contributed by atoms with E-state index in [9.17, 15) is 4.79 Å². The summed E-state index contributed by atoms with van der Waals surface area (Å²) < 4.78 is 11.5. The summed E-state index contributed by atoms with van der Waals surface area (Å²) in [7, 11) is 0. The number of hydrogen-bond donors (Lipinski definition) is 1. The van der Waals surface area contributed by atoms with Gasteiger partial charge >= 0.3 is 0 Å². The molecule has 27 heavy (non-hydrogen) atoms. The molecular formula is C21H33N3O3. The molecule has 1 heterocycles. The molecule has 0 radical (unpaired) electrons. The van der Waals surface area contributed by atoms with Crippen LogP contribution in [0.5, 0.6) is 5.75 Å². The minimum Gasteiger partial charge on any atom is -0.492 e. The molecule has 1 amide bonds. The summed E-state index contributed by atoms with van der Waals surface area (Å²) in [6, 6.07) is 8.08. The lowest BCUT2D eigenvalue weighted by molar-refractivity contribution is -0.179. The second-order valence-electron chi connectivity index (χ2n) is 8.02. The van der Waals surface area contributed by atoms with Gasteiger partial charge in [0.2, 0.25) is 5.91 Å². The first-order valence-electron chi connectivity index (χ1n) is 10.0. The first-order chi connectivity index (χ1) is 12.8. The molecule has 1 aromatic rings. The SMILES string of the molecule is CCOc1ccccc1N1CCN(C(=O)C2(N)CC(OCC)C2(C)C)CC1. The largest absolute Gasteiger partial charge is 0.492 e. The van der Waals surface area contributed by atoms with Gasteiger partial charge < -0.3 is 25.0 Å². The molecule has 2 atom stereocenters. The molecule has 0 aromatic heterocycles. The second-order valence-corrected chi connectivity index (χ2v) is 8.02. The van der Waals surface area contributed by atoms with Gasteiger partial charge in [0.25, 0.3) is 0 Å².